The van der Waals surface area contributed by atoms with Crippen molar-refractivity contribution in [2.24, 2.45) is 0 Å². The SMILES string of the molecule is CNOCCCNNCc1cccc(OC2CCOCC2)c1. The molecule has 0 bridgehead atoms. The smallest absolute Gasteiger partial charge is 0.120 e. The summed E-state index contributed by atoms with van der Waals surface area (Å²) in [4.78, 5) is 5.04. The molecule has 0 spiro atoms. The monoisotopic (exact) mass is 309 g/mol. The van der Waals surface area contributed by atoms with E-state index in [4.69, 9.17) is 14.3 Å². The first-order valence-corrected chi connectivity index (χ1v) is 7.96. The number of benzene rings is 1. The van der Waals surface area contributed by atoms with Crippen LogP contribution in [0.15, 0.2) is 24.3 Å². The molecule has 124 valence electrons. The number of hydroxylamine groups is 1. The lowest BCUT2D eigenvalue weighted by molar-refractivity contribution is 0.0255. The lowest BCUT2D eigenvalue weighted by Gasteiger charge is -2.23. The number of hydrogen-bond acceptors (Lipinski definition) is 6. The largest absolute Gasteiger partial charge is 0.490 e. The fourth-order valence-corrected chi connectivity index (χ4v) is 2.30. The number of rotatable bonds is 10. The van der Waals surface area contributed by atoms with Crippen molar-refractivity contribution in [3.8, 4) is 5.75 Å². The molecule has 3 N–H and O–H groups in total. The van der Waals surface area contributed by atoms with Crippen LogP contribution in [0.4, 0.5) is 0 Å². The Morgan fingerprint density at radius 2 is 2.09 bits per heavy atom. The molecule has 1 fully saturated rings. The summed E-state index contributed by atoms with van der Waals surface area (Å²) < 4.78 is 11.4. The van der Waals surface area contributed by atoms with Gasteiger partial charge in [0.05, 0.1) is 19.8 Å². The summed E-state index contributed by atoms with van der Waals surface area (Å²) in [6.07, 6.45) is 3.17. The highest BCUT2D eigenvalue weighted by molar-refractivity contribution is 5.28. The van der Waals surface area contributed by atoms with Crippen LogP contribution in [0.2, 0.25) is 0 Å². The predicted molar refractivity (Wildman–Crippen MR) is 85.4 cm³/mol. The quantitative estimate of drug-likeness (QED) is 0.448. The molecule has 0 amide bonds. The second kappa shape index (κ2) is 10.5. The van der Waals surface area contributed by atoms with Gasteiger partial charge in [-0.3, -0.25) is 10.9 Å². The van der Waals surface area contributed by atoms with E-state index in [2.05, 4.69) is 28.5 Å². The number of ether oxygens (including phenoxy) is 2. The Bertz CT molecular complexity index is 411. The Balaban J connectivity index is 1.65. The fraction of sp³-hybridized carbons (Fsp3) is 0.625. The predicted octanol–water partition coefficient (Wildman–Crippen LogP) is 1.38. The first kappa shape index (κ1) is 17.2. The summed E-state index contributed by atoms with van der Waals surface area (Å²) in [6, 6.07) is 8.23. The summed E-state index contributed by atoms with van der Waals surface area (Å²) in [6.45, 7) is 3.91. The molecule has 0 aromatic heterocycles. The van der Waals surface area contributed by atoms with Gasteiger partial charge in [0, 0.05) is 33.0 Å². The van der Waals surface area contributed by atoms with Crippen molar-refractivity contribution in [1.29, 1.82) is 0 Å². The Kier molecular flexibility index (Phi) is 8.22. The molecule has 0 aliphatic carbocycles. The van der Waals surface area contributed by atoms with Gasteiger partial charge >= 0.3 is 0 Å². The van der Waals surface area contributed by atoms with Crippen molar-refractivity contribution in [2.45, 2.75) is 31.9 Å². The maximum atomic E-state index is 6.02. The van der Waals surface area contributed by atoms with Gasteiger partial charge in [-0.2, -0.15) is 0 Å². The van der Waals surface area contributed by atoms with Gasteiger partial charge in [-0.05, 0) is 24.1 Å². The summed E-state index contributed by atoms with van der Waals surface area (Å²) >= 11 is 0. The molecule has 1 aromatic rings. The van der Waals surface area contributed by atoms with Crippen LogP contribution in [0.5, 0.6) is 5.75 Å². The number of nitrogens with one attached hydrogen (secondary N) is 3. The van der Waals surface area contributed by atoms with Crippen LogP contribution in [0.1, 0.15) is 24.8 Å². The molecule has 22 heavy (non-hydrogen) atoms. The van der Waals surface area contributed by atoms with E-state index in [9.17, 15) is 0 Å². The third kappa shape index (κ3) is 6.72. The normalized spacial score (nSPS) is 15.9. The summed E-state index contributed by atoms with van der Waals surface area (Å²) in [7, 11) is 1.76. The topological polar surface area (TPSA) is 63.8 Å². The zero-order chi connectivity index (χ0) is 15.5. The average molecular weight is 309 g/mol. The molecule has 1 aromatic carbocycles. The highest BCUT2D eigenvalue weighted by atomic mass is 16.6. The van der Waals surface area contributed by atoms with Crippen LogP contribution in [-0.2, 0) is 16.1 Å². The Labute approximate surface area is 132 Å². The van der Waals surface area contributed by atoms with Gasteiger partial charge in [0.1, 0.15) is 11.9 Å². The van der Waals surface area contributed by atoms with E-state index in [-0.39, 0.29) is 6.10 Å². The fourth-order valence-electron chi connectivity index (χ4n) is 2.30. The minimum Gasteiger partial charge on any atom is -0.490 e. The van der Waals surface area contributed by atoms with Gasteiger partial charge in [-0.25, -0.2) is 5.48 Å². The van der Waals surface area contributed by atoms with Gasteiger partial charge in [-0.15, -0.1) is 0 Å². The molecular formula is C16H27N3O3. The van der Waals surface area contributed by atoms with E-state index < -0.39 is 0 Å². The van der Waals surface area contributed by atoms with Crippen LogP contribution in [-0.4, -0.2) is 39.5 Å². The average Bonchev–Trinajstić information content (AvgIpc) is 2.55. The Hall–Kier alpha value is -1.18. The number of hydrogen-bond donors (Lipinski definition) is 3. The maximum Gasteiger partial charge on any atom is 0.120 e. The van der Waals surface area contributed by atoms with Gasteiger partial charge in [0.2, 0.25) is 0 Å². The van der Waals surface area contributed by atoms with Crippen molar-refractivity contribution < 1.29 is 14.3 Å². The first-order chi connectivity index (χ1) is 10.9. The standard InChI is InChI=1S/C16H27N3O3/c1-17-21-9-3-8-18-19-13-14-4-2-5-16(12-14)22-15-6-10-20-11-7-15/h2,4-5,12,15,17-19H,3,6-11,13H2,1H3. The van der Waals surface area contributed by atoms with Crippen molar-refractivity contribution in [3.05, 3.63) is 29.8 Å². The van der Waals surface area contributed by atoms with E-state index in [0.717, 1.165) is 51.3 Å². The zero-order valence-corrected chi connectivity index (χ0v) is 13.3. The molecule has 1 saturated heterocycles. The molecule has 0 unspecified atom stereocenters. The molecule has 0 radical (unpaired) electrons. The molecule has 1 aliphatic rings. The number of hydrazine groups is 1. The van der Waals surface area contributed by atoms with Crippen LogP contribution >= 0.6 is 0 Å². The molecule has 2 rings (SSSR count). The minimum absolute atomic E-state index is 0.280. The minimum atomic E-state index is 0.280. The van der Waals surface area contributed by atoms with Crippen LogP contribution < -0.4 is 21.1 Å². The second-order valence-corrected chi connectivity index (χ2v) is 5.26. The molecule has 0 saturated carbocycles. The molecule has 1 aliphatic heterocycles. The first-order valence-electron chi connectivity index (χ1n) is 7.96. The van der Waals surface area contributed by atoms with Gasteiger partial charge in [0.15, 0.2) is 0 Å². The summed E-state index contributed by atoms with van der Waals surface area (Å²) in [5.74, 6) is 0.939. The zero-order valence-electron chi connectivity index (χ0n) is 13.3. The van der Waals surface area contributed by atoms with E-state index in [1.807, 2.05) is 12.1 Å². The Morgan fingerprint density at radius 1 is 1.23 bits per heavy atom. The van der Waals surface area contributed by atoms with Crippen LogP contribution in [0, 0.1) is 0 Å². The van der Waals surface area contributed by atoms with Crippen molar-refractivity contribution in [3.63, 3.8) is 0 Å². The van der Waals surface area contributed by atoms with E-state index >= 15 is 0 Å². The third-order valence-electron chi connectivity index (χ3n) is 3.48. The lowest BCUT2D eigenvalue weighted by atomic mass is 10.1. The van der Waals surface area contributed by atoms with Gasteiger partial charge in [0.25, 0.3) is 0 Å². The van der Waals surface area contributed by atoms with E-state index in [0.29, 0.717) is 6.61 Å². The summed E-state index contributed by atoms with van der Waals surface area (Å²) in [5.41, 5.74) is 10.2. The van der Waals surface area contributed by atoms with Gasteiger partial charge < -0.3 is 14.3 Å². The highest BCUT2D eigenvalue weighted by Gasteiger charge is 2.15. The maximum absolute atomic E-state index is 6.02. The lowest BCUT2D eigenvalue weighted by Crippen LogP contribution is -2.32. The van der Waals surface area contributed by atoms with Crippen LogP contribution in [0.3, 0.4) is 0 Å². The molecule has 6 nitrogen and oxygen atoms in total. The van der Waals surface area contributed by atoms with E-state index in [1.54, 1.807) is 7.05 Å². The summed E-state index contributed by atoms with van der Waals surface area (Å²) in [5, 5.41) is 0. The van der Waals surface area contributed by atoms with Gasteiger partial charge in [-0.1, -0.05) is 12.1 Å². The van der Waals surface area contributed by atoms with Crippen molar-refractivity contribution >= 4 is 0 Å². The van der Waals surface area contributed by atoms with Crippen molar-refractivity contribution in [2.75, 3.05) is 33.4 Å². The molecule has 6 heteroatoms. The Morgan fingerprint density at radius 3 is 2.91 bits per heavy atom. The molecule has 1 heterocycles. The van der Waals surface area contributed by atoms with Crippen LogP contribution in [0.25, 0.3) is 0 Å². The highest BCUT2D eigenvalue weighted by Crippen LogP contribution is 2.19. The molecular weight excluding hydrogens is 282 g/mol. The second-order valence-electron chi connectivity index (χ2n) is 5.26. The molecule has 0 atom stereocenters. The van der Waals surface area contributed by atoms with E-state index in [1.165, 1.54) is 5.56 Å². The third-order valence-corrected chi connectivity index (χ3v) is 3.48. The van der Waals surface area contributed by atoms with Crippen molar-refractivity contribution in [1.82, 2.24) is 16.3 Å².